The fraction of sp³-hybridized carbons (Fsp3) is 0.500. The second-order valence-electron chi connectivity index (χ2n) is 2.88. The predicted octanol–water partition coefficient (Wildman–Crippen LogP) is -0.578. The third-order valence-electron chi connectivity index (χ3n) is 1.85. The molecule has 0 spiro atoms. The normalized spacial score (nSPS) is 10.3. The molecule has 4 N–H and O–H groups in total. The van der Waals surface area contributed by atoms with Gasteiger partial charge in [-0.25, -0.2) is 4.98 Å². The first kappa shape index (κ1) is 9.73. The van der Waals surface area contributed by atoms with Crippen LogP contribution in [0.1, 0.15) is 11.4 Å². The van der Waals surface area contributed by atoms with Crippen molar-refractivity contribution in [3.63, 3.8) is 0 Å². The van der Waals surface area contributed by atoms with Crippen LogP contribution in [-0.2, 0) is 6.42 Å². The quantitative estimate of drug-likeness (QED) is 0.584. The summed E-state index contributed by atoms with van der Waals surface area (Å²) >= 11 is 0. The molecule has 5 nitrogen and oxygen atoms in total. The molecule has 0 atom stereocenters. The van der Waals surface area contributed by atoms with Gasteiger partial charge in [-0.2, -0.15) is 0 Å². The largest absolute Gasteiger partial charge is 0.383 e. The zero-order valence-corrected chi connectivity index (χ0v) is 7.85. The van der Waals surface area contributed by atoms with Gasteiger partial charge in [-0.05, 0) is 14.0 Å². The van der Waals surface area contributed by atoms with Crippen LogP contribution >= 0.6 is 0 Å². The van der Waals surface area contributed by atoms with Crippen molar-refractivity contribution >= 4 is 5.82 Å². The molecule has 0 amide bonds. The van der Waals surface area contributed by atoms with Crippen LogP contribution in [0.25, 0.3) is 0 Å². The Morgan fingerprint density at radius 3 is 2.85 bits per heavy atom. The van der Waals surface area contributed by atoms with Gasteiger partial charge in [0.1, 0.15) is 11.6 Å². The van der Waals surface area contributed by atoms with E-state index in [-0.39, 0.29) is 5.56 Å². The molecule has 72 valence electrons. The highest BCUT2D eigenvalue weighted by Gasteiger charge is 2.02. The second kappa shape index (κ2) is 4.04. The Bertz CT molecular complexity index is 344. The van der Waals surface area contributed by atoms with E-state index in [0.29, 0.717) is 23.6 Å². The van der Waals surface area contributed by atoms with Crippen LogP contribution in [0.3, 0.4) is 0 Å². The van der Waals surface area contributed by atoms with Crippen LogP contribution in [0.5, 0.6) is 0 Å². The molecule has 0 saturated heterocycles. The van der Waals surface area contributed by atoms with E-state index in [1.165, 1.54) is 0 Å². The van der Waals surface area contributed by atoms with Gasteiger partial charge >= 0.3 is 0 Å². The van der Waals surface area contributed by atoms with E-state index in [0.717, 1.165) is 6.54 Å². The van der Waals surface area contributed by atoms with Gasteiger partial charge in [0.05, 0.1) is 5.56 Å². The molecule has 1 aromatic rings. The van der Waals surface area contributed by atoms with Gasteiger partial charge in [0, 0.05) is 13.0 Å². The van der Waals surface area contributed by atoms with Crippen LogP contribution < -0.4 is 16.6 Å². The average molecular weight is 182 g/mol. The molecule has 0 fully saturated rings. The molecule has 1 heterocycles. The SMILES string of the molecule is CNCCc1nc(N)c(C)c(=O)[nH]1. The zero-order valence-electron chi connectivity index (χ0n) is 7.85. The van der Waals surface area contributed by atoms with Crippen LogP contribution in [0, 0.1) is 6.92 Å². The van der Waals surface area contributed by atoms with Crippen molar-refractivity contribution in [3.05, 3.63) is 21.7 Å². The fourth-order valence-electron chi connectivity index (χ4n) is 0.960. The van der Waals surface area contributed by atoms with Crippen molar-refractivity contribution in [1.29, 1.82) is 0 Å². The van der Waals surface area contributed by atoms with E-state index in [9.17, 15) is 4.79 Å². The predicted molar refractivity (Wildman–Crippen MR) is 51.6 cm³/mol. The molecule has 0 aliphatic rings. The summed E-state index contributed by atoms with van der Waals surface area (Å²) in [5.41, 5.74) is 5.87. The van der Waals surface area contributed by atoms with E-state index >= 15 is 0 Å². The number of aromatic amines is 1. The summed E-state index contributed by atoms with van der Waals surface area (Å²) in [5, 5.41) is 2.97. The molecule has 0 bridgehead atoms. The van der Waals surface area contributed by atoms with Gasteiger partial charge in [0.2, 0.25) is 0 Å². The van der Waals surface area contributed by atoms with Crippen molar-refractivity contribution in [3.8, 4) is 0 Å². The van der Waals surface area contributed by atoms with Gasteiger partial charge in [-0.1, -0.05) is 0 Å². The highest BCUT2D eigenvalue weighted by atomic mass is 16.1. The first-order chi connectivity index (χ1) is 6.15. The number of rotatable bonds is 3. The minimum Gasteiger partial charge on any atom is -0.383 e. The minimum absolute atomic E-state index is 0.154. The van der Waals surface area contributed by atoms with Crippen molar-refractivity contribution in [1.82, 2.24) is 15.3 Å². The molecule has 0 unspecified atom stereocenters. The highest BCUT2D eigenvalue weighted by Crippen LogP contribution is 1.99. The van der Waals surface area contributed by atoms with Gasteiger partial charge in [0.15, 0.2) is 0 Å². The minimum atomic E-state index is -0.154. The summed E-state index contributed by atoms with van der Waals surface area (Å²) in [6.07, 6.45) is 0.677. The molecule has 5 heteroatoms. The number of nitrogens with two attached hydrogens (primary N) is 1. The summed E-state index contributed by atoms with van der Waals surface area (Å²) in [6, 6.07) is 0. The van der Waals surface area contributed by atoms with Crippen molar-refractivity contribution in [2.24, 2.45) is 0 Å². The van der Waals surface area contributed by atoms with E-state index < -0.39 is 0 Å². The Morgan fingerprint density at radius 1 is 1.62 bits per heavy atom. The summed E-state index contributed by atoms with van der Waals surface area (Å²) in [5.74, 6) is 0.942. The Morgan fingerprint density at radius 2 is 2.31 bits per heavy atom. The number of nitrogen functional groups attached to an aromatic ring is 1. The number of likely N-dealkylation sites (N-methyl/N-ethyl adjacent to an activating group) is 1. The summed E-state index contributed by atoms with van der Waals surface area (Å²) < 4.78 is 0. The first-order valence-corrected chi connectivity index (χ1v) is 4.15. The molecule has 0 radical (unpaired) electrons. The number of hydrogen-bond acceptors (Lipinski definition) is 4. The van der Waals surface area contributed by atoms with Crippen molar-refractivity contribution < 1.29 is 0 Å². The Balaban J connectivity index is 2.93. The van der Waals surface area contributed by atoms with Crippen LogP contribution in [-0.4, -0.2) is 23.6 Å². The number of hydrogen-bond donors (Lipinski definition) is 3. The topological polar surface area (TPSA) is 83.8 Å². The third-order valence-corrected chi connectivity index (χ3v) is 1.85. The van der Waals surface area contributed by atoms with Gasteiger partial charge in [0.25, 0.3) is 5.56 Å². The summed E-state index contributed by atoms with van der Waals surface area (Å²) in [6.45, 7) is 2.43. The van der Waals surface area contributed by atoms with Crippen LogP contribution in [0.4, 0.5) is 5.82 Å². The number of nitrogens with one attached hydrogen (secondary N) is 2. The average Bonchev–Trinajstić information content (AvgIpc) is 2.10. The smallest absolute Gasteiger partial charge is 0.255 e. The Labute approximate surface area is 76.4 Å². The monoisotopic (exact) mass is 182 g/mol. The number of nitrogens with zero attached hydrogens (tertiary/aromatic N) is 1. The molecular formula is C8H14N4O. The lowest BCUT2D eigenvalue weighted by Crippen LogP contribution is -2.20. The number of anilines is 1. The molecule has 0 aliphatic heterocycles. The molecular weight excluding hydrogens is 168 g/mol. The van der Waals surface area contributed by atoms with Gasteiger partial charge in [-0.15, -0.1) is 0 Å². The van der Waals surface area contributed by atoms with Crippen LogP contribution in [0.2, 0.25) is 0 Å². The third kappa shape index (κ3) is 2.29. The first-order valence-electron chi connectivity index (χ1n) is 4.15. The Hall–Kier alpha value is -1.36. The van der Waals surface area contributed by atoms with Gasteiger partial charge in [-0.3, -0.25) is 4.79 Å². The maximum atomic E-state index is 11.2. The van der Waals surface area contributed by atoms with E-state index in [4.69, 9.17) is 5.73 Å². The van der Waals surface area contributed by atoms with E-state index in [1.54, 1.807) is 6.92 Å². The van der Waals surface area contributed by atoms with E-state index in [2.05, 4.69) is 15.3 Å². The summed E-state index contributed by atoms with van der Waals surface area (Å²) in [4.78, 5) is 17.9. The summed E-state index contributed by atoms with van der Waals surface area (Å²) in [7, 11) is 1.84. The molecule has 0 aliphatic carbocycles. The molecule has 0 saturated carbocycles. The van der Waals surface area contributed by atoms with E-state index in [1.807, 2.05) is 7.05 Å². The molecule has 1 rings (SSSR count). The molecule has 1 aromatic heterocycles. The van der Waals surface area contributed by atoms with Crippen molar-refractivity contribution in [2.45, 2.75) is 13.3 Å². The number of aromatic nitrogens is 2. The Kier molecular flexibility index (Phi) is 3.02. The second-order valence-corrected chi connectivity index (χ2v) is 2.88. The lowest BCUT2D eigenvalue weighted by atomic mass is 10.3. The maximum absolute atomic E-state index is 11.2. The molecule has 0 aromatic carbocycles. The lowest BCUT2D eigenvalue weighted by Gasteiger charge is -2.02. The zero-order chi connectivity index (χ0) is 9.84. The highest BCUT2D eigenvalue weighted by molar-refractivity contribution is 5.36. The standard InChI is InChI=1S/C8H14N4O/c1-5-7(9)11-6(3-4-10-2)12-8(5)13/h10H,3-4H2,1-2H3,(H3,9,11,12,13). The van der Waals surface area contributed by atoms with Crippen molar-refractivity contribution in [2.75, 3.05) is 19.3 Å². The van der Waals surface area contributed by atoms with Crippen LogP contribution in [0.15, 0.2) is 4.79 Å². The van der Waals surface area contributed by atoms with Gasteiger partial charge < -0.3 is 16.0 Å². The number of H-pyrrole nitrogens is 1. The molecule has 13 heavy (non-hydrogen) atoms. The lowest BCUT2D eigenvalue weighted by molar-refractivity contribution is 0.751. The fourth-order valence-corrected chi connectivity index (χ4v) is 0.960. The maximum Gasteiger partial charge on any atom is 0.255 e.